The molecular formula is C16H23Cl2N. The summed E-state index contributed by atoms with van der Waals surface area (Å²) in [5, 5.41) is 5.17. The van der Waals surface area contributed by atoms with Crippen LogP contribution in [-0.4, -0.2) is 6.54 Å². The van der Waals surface area contributed by atoms with Gasteiger partial charge in [-0.15, -0.1) is 0 Å². The van der Waals surface area contributed by atoms with E-state index in [1.54, 1.807) is 0 Å². The van der Waals surface area contributed by atoms with E-state index in [1.807, 2.05) is 18.2 Å². The lowest BCUT2D eigenvalue weighted by atomic mass is 9.77. The van der Waals surface area contributed by atoms with Crippen LogP contribution in [0.2, 0.25) is 10.0 Å². The number of halogens is 2. The third-order valence-electron chi connectivity index (χ3n) is 4.27. The molecule has 1 atom stereocenters. The van der Waals surface area contributed by atoms with Gasteiger partial charge in [-0.05, 0) is 43.4 Å². The number of hydrogen-bond donors (Lipinski definition) is 1. The average molecular weight is 300 g/mol. The highest BCUT2D eigenvalue weighted by molar-refractivity contribution is 6.36. The molecule has 1 aliphatic carbocycles. The van der Waals surface area contributed by atoms with Gasteiger partial charge in [0.05, 0.1) is 0 Å². The second kappa shape index (κ2) is 6.97. The smallest absolute Gasteiger partial charge is 0.0468 e. The molecule has 106 valence electrons. The Hall–Kier alpha value is -0.240. The Labute approximate surface area is 126 Å². The second-order valence-corrected chi connectivity index (χ2v) is 6.51. The van der Waals surface area contributed by atoms with Crippen molar-refractivity contribution in [1.82, 2.24) is 5.32 Å². The predicted octanol–water partition coefficient (Wildman–Crippen LogP) is 5.47. The van der Waals surface area contributed by atoms with Gasteiger partial charge in [0.2, 0.25) is 0 Å². The van der Waals surface area contributed by atoms with Crippen molar-refractivity contribution in [2.24, 2.45) is 11.8 Å². The van der Waals surface area contributed by atoms with Crippen molar-refractivity contribution < 1.29 is 0 Å². The van der Waals surface area contributed by atoms with Crippen molar-refractivity contribution in [3.63, 3.8) is 0 Å². The molecule has 0 bridgehead atoms. The summed E-state index contributed by atoms with van der Waals surface area (Å²) in [6, 6.07) is 6.09. The first-order chi connectivity index (χ1) is 9.13. The molecule has 0 saturated heterocycles. The highest BCUT2D eigenvalue weighted by Gasteiger charge is 2.29. The Morgan fingerprint density at radius 3 is 2.26 bits per heavy atom. The van der Waals surface area contributed by atoms with Gasteiger partial charge in [0.25, 0.3) is 0 Å². The Bertz CT molecular complexity index is 391. The quantitative estimate of drug-likeness (QED) is 0.777. The van der Waals surface area contributed by atoms with E-state index in [0.717, 1.165) is 28.1 Å². The minimum atomic E-state index is 0.290. The third-order valence-corrected chi connectivity index (χ3v) is 4.93. The Kier molecular flexibility index (Phi) is 5.56. The minimum Gasteiger partial charge on any atom is -0.310 e. The standard InChI is InChI=1S/C16H23Cl2N/c1-3-19-16(12-9-7-11(2)8-10-12)15-13(17)5-4-6-14(15)18/h4-6,11-12,16,19H,3,7-10H2,1-2H3. The van der Waals surface area contributed by atoms with Gasteiger partial charge in [0.1, 0.15) is 0 Å². The predicted molar refractivity (Wildman–Crippen MR) is 84.0 cm³/mol. The summed E-state index contributed by atoms with van der Waals surface area (Å²) in [7, 11) is 0. The van der Waals surface area contributed by atoms with Crippen LogP contribution in [0.3, 0.4) is 0 Å². The van der Waals surface area contributed by atoms with Crippen molar-refractivity contribution in [2.45, 2.75) is 45.6 Å². The zero-order valence-corrected chi connectivity index (χ0v) is 13.3. The molecule has 1 N–H and O–H groups in total. The van der Waals surface area contributed by atoms with E-state index in [1.165, 1.54) is 25.7 Å². The highest BCUT2D eigenvalue weighted by Crippen LogP contribution is 2.41. The molecule has 1 aromatic carbocycles. The van der Waals surface area contributed by atoms with Crippen molar-refractivity contribution in [3.05, 3.63) is 33.8 Å². The van der Waals surface area contributed by atoms with E-state index in [9.17, 15) is 0 Å². The van der Waals surface area contributed by atoms with Crippen molar-refractivity contribution >= 4 is 23.2 Å². The monoisotopic (exact) mass is 299 g/mol. The van der Waals surface area contributed by atoms with E-state index >= 15 is 0 Å². The van der Waals surface area contributed by atoms with E-state index < -0.39 is 0 Å². The van der Waals surface area contributed by atoms with Crippen LogP contribution in [0.5, 0.6) is 0 Å². The Morgan fingerprint density at radius 1 is 1.16 bits per heavy atom. The molecule has 1 aliphatic rings. The van der Waals surface area contributed by atoms with Crippen molar-refractivity contribution in [3.8, 4) is 0 Å². The number of benzene rings is 1. The SMILES string of the molecule is CCNC(c1c(Cl)cccc1Cl)C1CCC(C)CC1. The minimum absolute atomic E-state index is 0.290. The highest BCUT2D eigenvalue weighted by atomic mass is 35.5. The maximum Gasteiger partial charge on any atom is 0.0468 e. The fourth-order valence-corrected chi connectivity index (χ4v) is 3.78. The fraction of sp³-hybridized carbons (Fsp3) is 0.625. The topological polar surface area (TPSA) is 12.0 Å². The summed E-state index contributed by atoms with van der Waals surface area (Å²) in [4.78, 5) is 0. The maximum atomic E-state index is 6.38. The molecule has 0 radical (unpaired) electrons. The maximum absolute atomic E-state index is 6.38. The number of nitrogens with one attached hydrogen (secondary N) is 1. The zero-order chi connectivity index (χ0) is 13.8. The van der Waals surface area contributed by atoms with Crippen LogP contribution in [-0.2, 0) is 0 Å². The first-order valence-electron chi connectivity index (χ1n) is 7.30. The largest absolute Gasteiger partial charge is 0.310 e. The summed E-state index contributed by atoms with van der Waals surface area (Å²) in [5.41, 5.74) is 1.09. The molecule has 0 heterocycles. The van der Waals surface area contributed by atoms with Crippen LogP contribution in [0, 0.1) is 11.8 Å². The number of rotatable bonds is 4. The fourth-order valence-electron chi connectivity index (χ4n) is 3.15. The van der Waals surface area contributed by atoms with Crippen molar-refractivity contribution in [2.75, 3.05) is 6.54 Å². The molecule has 0 aliphatic heterocycles. The van der Waals surface area contributed by atoms with Gasteiger partial charge < -0.3 is 5.32 Å². The summed E-state index contributed by atoms with van der Waals surface area (Å²) < 4.78 is 0. The van der Waals surface area contributed by atoms with E-state index in [4.69, 9.17) is 23.2 Å². The molecule has 0 amide bonds. The lowest BCUT2D eigenvalue weighted by Gasteiger charge is -2.34. The van der Waals surface area contributed by atoms with Gasteiger partial charge in [-0.25, -0.2) is 0 Å². The Balaban J connectivity index is 2.24. The van der Waals surface area contributed by atoms with Crippen LogP contribution in [0.4, 0.5) is 0 Å². The van der Waals surface area contributed by atoms with Crippen LogP contribution >= 0.6 is 23.2 Å². The Morgan fingerprint density at radius 2 is 1.74 bits per heavy atom. The second-order valence-electron chi connectivity index (χ2n) is 5.69. The summed E-state index contributed by atoms with van der Waals surface area (Å²) in [6.45, 7) is 5.43. The van der Waals surface area contributed by atoms with Gasteiger partial charge in [-0.3, -0.25) is 0 Å². The molecular weight excluding hydrogens is 277 g/mol. The molecule has 1 saturated carbocycles. The van der Waals surface area contributed by atoms with Crippen molar-refractivity contribution in [1.29, 1.82) is 0 Å². The molecule has 19 heavy (non-hydrogen) atoms. The molecule has 1 unspecified atom stereocenters. The van der Waals surface area contributed by atoms with Crippen LogP contribution in [0.25, 0.3) is 0 Å². The normalized spacial score (nSPS) is 25.3. The third kappa shape index (κ3) is 3.65. The van der Waals surface area contributed by atoms with E-state index in [0.29, 0.717) is 12.0 Å². The first kappa shape index (κ1) is 15.2. The summed E-state index contributed by atoms with van der Waals surface area (Å²) in [6.07, 6.45) is 5.16. The van der Waals surface area contributed by atoms with Gasteiger partial charge in [0, 0.05) is 21.7 Å². The number of hydrogen-bond acceptors (Lipinski definition) is 1. The zero-order valence-electron chi connectivity index (χ0n) is 11.8. The van der Waals surface area contributed by atoms with Crippen LogP contribution in [0.1, 0.15) is 51.1 Å². The van der Waals surface area contributed by atoms with Crippen LogP contribution in [0.15, 0.2) is 18.2 Å². The molecule has 2 rings (SSSR count). The van der Waals surface area contributed by atoms with E-state index in [-0.39, 0.29) is 0 Å². The van der Waals surface area contributed by atoms with Gasteiger partial charge in [-0.2, -0.15) is 0 Å². The molecule has 1 nitrogen and oxygen atoms in total. The summed E-state index contributed by atoms with van der Waals surface area (Å²) >= 11 is 12.8. The molecule has 0 spiro atoms. The van der Waals surface area contributed by atoms with Gasteiger partial charge in [0.15, 0.2) is 0 Å². The lowest BCUT2D eigenvalue weighted by Crippen LogP contribution is -2.31. The first-order valence-corrected chi connectivity index (χ1v) is 8.06. The molecule has 1 aromatic rings. The lowest BCUT2D eigenvalue weighted by molar-refractivity contribution is 0.233. The molecule has 0 aromatic heterocycles. The van der Waals surface area contributed by atoms with Gasteiger partial charge >= 0.3 is 0 Å². The van der Waals surface area contributed by atoms with Gasteiger partial charge in [-0.1, -0.05) is 56.0 Å². The molecule has 3 heteroatoms. The summed E-state index contributed by atoms with van der Waals surface area (Å²) in [5.74, 6) is 1.51. The van der Waals surface area contributed by atoms with E-state index in [2.05, 4.69) is 19.2 Å². The average Bonchev–Trinajstić information content (AvgIpc) is 2.38. The van der Waals surface area contributed by atoms with Crippen LogP contribution < -0.4 is 5.32 Å². The molecule has 1 fully saturated rings.